The van der Waals surface area contributed by atoms with Crippen LogP contribution in [-0.2, 0) is 16.0 Å². The number of hydrogen-bond donors (Lipinski definition) is 4. The number of carboxylic acid groups (broad SMARTS) is 2. The SMILES string of the molecule is CC(C(=O)O)c1ccc(CC2CCCC2=O)cc1.Nc1ccc(O)c(C(=O)O)c1. The summed E-state index contributed by atoms with van der Waals surface area (Å²) in [6.07, 6.45) is 3.52. The lowest BCUT2D eigenvalue weighted by Crippen LogP contribution is -2.10. The van der Waals surface area contributed by atoms with Gasteiger partial charge < -0.3 is 21.1 Å². The summed E-state index contributed by atoms with van der Waals surface area (Å²) in [6, 6.07) is 11.5. The van der Waals surface area contributed by atoms with Crippen molar-refractivity contribution in [3.63, 3.8) is 0 Å². The molecule has 5 N–H and O–H groups in total. The van der Waals surface area contributed by atoms with Gasteiger partial charge in [-0.3, -0.25) is 9.59 Å². The number of nitrogen functional groups attached to an aromatic ring is 1. The van der Waals surface area contributed by atoms with Crippen LogP contribution in [0.25, 0.3) is 0 Å². The zero-order valence-corrected chi connectivity index (χ0v) is 16.2. The number of rotatable bonds is 5. The van der Waals surface area contributed by atoms with Gasteiger partial charge in [-0.2, -0.15) is 0 Å². The molecule has 0 saturated heterocycles. The van der Waals surface area contributed by atoms with Gasteiger partial charge in [0.05, 0.1) is 5.92 Å². The van der Waals surface area contributed by atoms with E-state index in [0.717, 1.165) is 36.8 Å². The molecule has 154 valence electrons. The molecule has 0 aromatic heterocycles. The van der Waals surface area contributed by atoms with Crippen LogP contribution in [-0.4, -0.2) is 33.0 Å². The first-order chi connectivity index (χ1) is 13.7. The van der Waals surface area contributed by atoms with Gasteiger partial charge in [-0.1, -0.05) is 24.3 Å². The molecule has 0 bridgehead atoms. The van der Waals surface area contributed by atoms with Crippen LogP contribution < -0.4 is 5.73 Å². The number of anilines is 1. The largest absolute Gasteiger partial charge is 0.507 e. The highest BCUT2D eigenvalue weighted by Crippen LogP contribution is 2.26. The molecule has 1 aliphatic carbocycles. The van der Waals surface area contributed by atoms with Crippen molar-refractivity contribution in [1.29, 1.82) is 0 Å². The van der Waals surface area contributed by atoms with Gasteiger partial charge in [0.2, 0.25) is 0 Å². The Morgan fingerprint density at radius 3 is 2.28 bits per heavy atom. The van der Waals surface area contributed by atoms with Crippen LogP contribution in [0.1, 0.15) is 53.6 Å². The minimum absolute atomic E-state index is 0.174. The van der Waals surface area contributed by atoms with E-state index in [1.807, 2.05) is 24.3 Å². The second-order valence-corrected chi connectivity index (χ2v) is 7.14. The molecule has 0 aliphatic heterocycles. The highest BCUT2D eigenvalue weighted by atomic mass is 16.4. The number of aliphatic carboxylic acids is 1. The Morgan fingerprint density at radius 1 is 1.14 bits per heavy atom. The summed E-state index contributed by atoms with van der Waals surface area (Å²) in [5.41, 5.74) is 7.37. The number of phenols is 1. The highest BCUT2D eigenvalue weighted by molar-refractivity contribution is 5.91. The second-order valence-electron chi connectivity index (χ2n) is 7.14. The summed E-state index contributed by atoms with van der Waals surface area (Å²) in [7, 11) is 0. The van der Waals surface area contributed by atoms with Gasteiger partial charge in [0.15, 0.2) is 0 Å². The third-order valence-electron chi connectivity index (χ3n) is 5.01. The minimum atomic E-state index is -1.19. The van der Waals surface area contributed by atoms with Crippen molar-refractivity contribution in [3.05, 3.63) is 59.2 Å². The third kappa shape index (κ3) is 6.07. The molecule has 2 aromatic rings. The molecule has 7 heteroatoms. The smallest absolute Gasteiger partial charge is 0.339 e. The maximum Gasteiger partial charge on any atom is 0.339 e. The van der Waals surface area contributed by atoms with Crippen molar-refractivity contribution >= 4 is 23.4 Å². The topological polar surface area (TPSA) is 138 Å². The van der Waals surface area contributed by atoms with Crippen molar-refractivity contribution in [2.45, 2.75) is 38.5 Å². The number of carbonyl (C=O) groups is 3. The molecule has 1 aliphatic rings. The van der Waals surface area contributed by atoms with E-state index in [-0.39, 0.29) is 17.2 Å². The van der Waals surface area contributed by atoms with Crippen molar-refractivity contribution in [2.75, 3.05) is 5.73 Å². The van der Waals surface area contributed by atoms with Crippen LogP contribution in [0.2, 0.25) is 0 Å². The Balaban J connectivity index is 0.000000234. The molecule has 1 fully saturated rings. The Labute approximate surface area is 168 Å². The standard InChI is InChI=1S/C15H18O3.C7H7NO3/c1-10(15(17)18)12-7-5-11(6-8-12)9-13-3-2-4-14(13)16;8-4-1-2-6(9)5(3-4)7(10)11/h5-8,10,13H,2-4,9H2,1H3,(H,17,18);1-3,9H,8H2,(H,10,11). The van der Waals surface area contributed by atoms with Gasteiger partial charge in [-0.05, 0) is 55.5 Å². The monoisotopic (exact) mass is 399 g/mol. The first kappa shape index (κ1) is 21.9. The van der Waals surface area contributed by atoms with E-state index in [2.05, 4.69) is 0 Å². The molecule has 0 heterocycles. The lowest BCUT2D eigenvalue weighted by molar-refractivity contribution is -0.138. The van der Waals surface area contributed by atoms with Gasteiger partial charge in [0.25, 0.3) is 0 Å². The van der Waals surface area contributed by atoms with Crippen LogP contribution in [0.3, 0.4) is 0 Å². The summed E-state index contributed by atoms with van der Waals surface area (Å²) in [6.45, 7) is 1.68. The van der Waals surface area contributed by atoms with Crippen molar-refractivity contribution in [3.8, 4) is 5.75 Å². The molecule has 7 nitrogen and oxygen atoms in total. The van der Waals surface area contributed by atoms with E-state index >= 15 is 0 Å². The normalized spacial score (nSPS) is 16.6. The number of carboxylic acids is 2. The first-order valence-electron chi connectivity index (χ1n) is 9.35. The number of ketones is 1. The maximum atomic E-state index is 11.6. The van der Waals surface area contributed by atoms with Crippen molar-refractivity contribution < 1.29 is 29.7 Å². The van der Waals surface area contributed by atoms with E-state index in [9.17, 15) is 14.4 Å². The quantitative estimate of drug-likeness (QED) is 0.446. The lowest BCUT2D eigenvalue weighted by Gasteiger charge is -2.10. The molecular weight excluding hydrogens is 374 g/mol. The van der Waals surface area contributed by atoms with E-state index in [1.165, 1.54) is 18.2 Å². The fourth-order valence-corrected chi connectivity index (χ4v) is 3.20. The van der Waals surface area contributed by atoms with E-state index in [4.69, 9.17) is 21.1 Å². The molecule has 2 unspecified atom stereocenters. The molecule has 29 heavy (non-hydrogen) atoms. The number of aromatic carboxylic acids is 1. The third-order valence-corrected chi connectivity index (χ3v) is 5.01. The molecule has 1 saturated carbocycles. The molecule has 0 radical (unpaired) electrons. The van der Waals surface area contributed by atoms with Crippen LogP contribution in [0, 0.1) is 5.92 Å². The van der Waals surface area contributed by atoms with Gasteiger partial charge in [0, 0.05) is 18.0 Å². The predicted octanol–water partition coefficient (Wildman–Crippen LogP) is 3.46. The Bertz CT molecular complexity index is 891. The van der Waals surface area contributed by atoms with Gasteiger partial charge in [-0.15, -0.1) is 0 Å². The number of hydrogen-bond acceptors (Lipinski definition) is 5. The summed E-state index contributed by atoms with van der Waals surface area (Å²) in [4.78, 5) is 32.8. The van der Waals surface area contributed by atoms with Gasteiger partial charge in [-0.25, -0.2) is 4.79 Å². The van der Waals surface area contributed by atoms with Crippen LogP contribution in [0.4, 0.5) is 5.69 Å². The molecule has 2 aromatic carbocycles. The van der Waals surface area contributed by atoms with E-state index < -0.39 is 17.9 Å². The van der Waals surface area contributed by atoms with Gasteiger partial charge in [0.1, 0.15) is 17.1 Å². The van der Waals surface area contributed by atoms with E-state index in [1.54, 1.807) is 6.92 Å². The van der Waals surface area contributed by atoms with Crippen LogP contribution >= 0.6 is 0 Å². The fraction of sp³-hybridized carbons (Fsp3) is 0.318. The number of carbonyl (C=O) groups excluding carboxylic acids is 1. The van der Waals surface area contributed by atoms with Gasteiger partial charge >= 0.3 is 11.9 Å². The Hall–Kier alpha value is -3.35. The zero-order chi connectivity index (χ0) is 21.6. The molecule has 0 amide bonds. The number of nitrogens with two attached hydrogens (primary N) is 1. The average molecular weight is 399 g/mol. The Morgan fingerprint density at radius 2 is 1.79 bits per heavy atom. The number of Topliss-reactive ketones (excluding diaryl/α,β-unsaturated/α-hetero) is 1. The second kappa shape index (κ2) is 9.73. The summed E-state index contributed by atoms with van der Waals surface area (Å²) < 4.78 is 0. The minimum Gasteiger partial charge on any atom is -0.507 e. The van der Waals surface area contributed by atoms with E-state index in [0.29, 0.717) is 11.5 Å². The number of aromatic hydroxyl groups is 1. The van der Waals surface area contributed by atoms with Crippen LogP contribution in [0.5, 0.6) is 5.75 Å². The summed E-state index contributed by atoms with van der Waals surface area (Å²) in [5, 5.41) is 26.4. The van der Waals surface area contributed by atoms with Crippen LogP contribution in [0.15, 0.2) is 42.5 Å². The maximum absolute atomic E-state index is 11.6. The molecule has 0 spiro atoms. The van der Waals surface area contributed by atoms with Crippen molar-refractivity contribution in [1.82, 2.24) is 0 Å². The highest BCUT2D eigenvalue weighted by Gasteiger charge is 2.24. The summed E-state index contributed by atoms with van der Waals surface area (Å²) >= 11 is 0. The summed E-state index contributed by atoms with van der Waals surface area (Å²) in [5.74, 6) is -2.20. The Kier molecular flexibility index (Phi) is 7.36. The molecule has 2 atom stereocenters. The predicted molar refractivity (Wildman–Crippen MR) is 108 cm³/mol. The average Bonchev–Trinajstić information content (AvgIpc) is 3.08. The fourth-order valence-electron chi connectivity index (χ4n) is 3.20. The number of benzene rings is 2. The lowest BCUT2D eigenvalue weighted by atomic mass is 9.94. The molecular formula is C22H25NO6. The first-order valence-corrected chi connectivity index (χ1v) is 9.35. The zero-order valence-electron chi connectivity index (χ0n) is 16.2. The van der Waals surface area contributed by atoms with Crippen molar-refractivity contribution in [2.24, 2.45) is 5.92 Å². The molecule has 3 rings (SSSR count).